The number of ether oxygens (including phenoxy) is 1. The highest BCUT2D eigenvalue weighted by atomic mass is 32.2. The zero-order chi connectivity index (χ0) is 19.1. The lowest BCUT2D eigenvalue weighted by atomic mass is 10.1. The first kappa shape index (κ1) is 19.3. The van der Waals surface area contributed by atoms with Crippen LogP contribution >= 0.6 is 0 Å². The number of hydrogen-bond acceptors (Lipinski definition) is 6. The maximum atomic E-state index is 12.7. The molecule has 2 heterocycles. The van der Waals surface area contributed by atoms with E-state index in [-0.39, 0.29) is 35.4 Å². The summed E-state index contributed by atoms with van der Waals surface area (Å²) in [4.78, 5) is 12.0. The number of carbonyl (C=O) groups excluding carboxylic acids is 1. The van der Waals surface area contributed by atoms with E-state index in [0.717, 1.165) is 17.1 Å². The second kappa shape index (κ2) is 6.91. The van der Waals surface area contributed by atoms with E-state index < -0.39 is 26.0 Å². The van der Waals surface area contributed by atoms with Gasteiger partial charge in [-0.05, 0) is 49.9 Å². The molecular weight excluding hydrogens is 380 g/mol. The van der Waals surface area contributed by atoms with Crippen molar-refractivity contribution in [2.24, 2.45) is 0 Å². The van der Waals surface area contributed by atoms with Crippen molar-refractivity contribution in [2.75, 3.05) is 23.2 Å². The zero-order valence-electron chi connectivity index (χ0n) is 14.7. The fourth-order valence-electron chi connectivity index (χ4n) is 3.42. The highest BCUT2D eigenvalue weighted by Gasteiger charge is 2.37. The molecule has 0 aromatic heterocycles. The first-order valence-electron chi connectivity index (χ1n) is 8.40. The van der Waals surface area contributed by atoms with E-state index in [0.29, 0.717) is 17.7 Å². The van der Waals surface area contributed by atoms with Crippen molar-refractivity contribution in [2.45, 2.75) is 44.1 Å². The lowest BCUT2D eigenvalue weighted by molar-refractivity contribution is -0.116. The van der Waals surface area contributed by atoms with Gasteiger partial charge >= 0.3 is 0 Å². The van der Waals surface area contributed by atoms with Gasteiger partial charge in [0.2, 0.25) is 26.0 Å². The molecule has 10 heteroatoms. The lowest BCUT2D eigenvalue weighted by Gasteiger charge is -2.19. The van der Waals surface area contributed by atoms with E-state index in [1.165, 1.54) is 12.1 Å². The molecule has 0 aliphatic carbocycles. The number of carbonyl (C=O) groups is 1. The third kappa shape index (κ3) is 3.64. The van der Waals surface area contributed by atoms with Crippen LogP contribution in [0.25, 0.3) is 0 Å². The number of benzene rings is 1. The van der Waals surface area contributed by atoms with Gasteiger partial charge < -0.3 is 4.74 Å². The Kier molecular flexibility index (Phi) is 5.13. The summed E-state index contributed by atoms with van der Waals surface area (Å²) in [5.74, 6) is -0.733. The van der Waals surface area contributed by atoms with E-state index in [1.54, 1.807) is 13.8 Å². The average molecular weight is 402 g/mol. The van der Waals surface area contributed by atoms with Gasteiger partial charge in [0.15, 0.2) is 0 Å². The molecular formula is C16H22N2O6S2. The van der Waals surface area contributed by atoms with E-state index in [1.807, 2.05) is 0 Å². The van der Waals surface area contributed by atoms with Gasteiger partial charge in [0.05, 0.1) is 22.4 Å². The molecule has 3 rings (SSSR count). The maximum Gasteiger partial charge on any atom is 0.242 e. The van der Waals surface area contributed by atoms with Gasteiger partial charge in [-0.1, -0.05) is 0 Å². The van der Waals surface area contributed by atoms with Gasteiger partial charge in [0.25, 0.3) is 0 Å². The standard InChI is InChI=1S/C16H22N2O6S2/c1-11-8-13(18-15(19)5-7-25(18,20)21)9-12(2)16(11)26(22,23)17-10-14-4-3-6-24-14/h8-9,14,17H,3-7,10H2,1-2H3/t14-/m0/s1. The third-order valence-corrected chi connectivity index (χ3v) is 7.97. The molecule has 144 valence electrons. The summed E-state index contributed by atoms with van der Waals surface area (Å²) in [5.41, 5.74) is 0.949. The van der Waals surface area contributed by atoms with Gasteiger partial charge in [0, 0.05) is 19.6 Å². The van der Waals surface area contributed by atoms with Gasteiger partial charge in [-0.25, -0.2) is 25.9 Å². The first-order valence-corrected chi connectivity index (χ1v) is 11.5. The van der Waals surface area contributed by atoms with Crippen LogP contribution in [0.3, 0.4) is 0 Å². The zero-order valence-corrected chi connectivity index (χ0v) is 16.3. The van der Waals surface area contributed by atoms with Gasteiger partial charge in [-0.15, -0.1) is 0 Å². The topological polar surface area (TPSA) is 110 Å². The maximum absolute atomic E-state index is 12.7. The molecule has 1 aromatic rings. The molecule has 2 fully saturated rings. The quantitative estimate of drug-likeness (QED) is 0.781. The molecule has 2 aliphatic rings. The van der Waals surface area contributed by atoms with Crippen molar-refractivity contribution < 1.29 is 26.4 Å². The monoisotopic (exact) mass is 402 g/mol. The Morgan fingerprint density at radius 1 is 1.27 bits per heavy atom. The van der Waals surface area contributed by atoms with Crippen LogP contribution in [0, 0.1) is 13.8 Å². The minimum absolute atomic E-state index is 0.0660. The van der Waals surface area contributed by atoms with Crippen molar-refractivity contribution in [3.63, 3.8) is 0 Å². The summed E-state index contributed by atoms with van der Waals surface area (Å²) in [6.07, 6.45) is 1.53. The van der Waals surface area contributed by atoms with Crippen molar-refractivity contribution in [1.29, 1.82) is 0 Å². The summed E-state index contributed by atoms with van der Waals surface area (Å²) in [6.45, 7) is 4.01. The molecule has 1 N–H and O–H groups in total. The van der Waals surface area contributed by atoms with E-state index in [9.17, 15) is 21.6 Å². The third-order valence-electron chi connectivity index (χ3n) is 4.55. The Bertz CT molecular complexity index is 910. The number of nitrogens with zero attached hydrogens (tertiary/aromatic N) is 1. The summed E-state index contributed by atoms with van der Waals surface area (Å²) in [5, 5.41) is 0. The van der Waals surface area contributed by atoms with Crippen LogP contribution in [-0.4, -0.2) is 47.8 Å². The van der Waals surface area contributed by atoms with Crippen molar-refractivity contribution in [1.82, 2.24) is 4.72 Å². The van der Waals surface area contributed by atoms with E-state index in [2.05, 4.69) is 4.72 Å². The number of rotatable bonds is 5. The number of anilines is 1. The Labute approximate surface area is 153 Å². The van der Waals surface area contributed by atoms with Crippen LogP contribution in [0.15, 0.2) is 17.0 Å². The van der Waals surface area contributed by atoms with Crippen LogP contribution in [-0.2, 0) is 29.6 Å². The van der Waals surface area contributed by atoms with E-state index in [4.69, 9.17) is 4.74 Å². The SMILES string of the molecule is Cc1cc(N2C(=O)CCS2(=O)=O)cc(C)c1S(=O)(=O)NC[C@@H]1CCCO1. The van der Waals surface area contributed by atoms with Gasteiger partial charge in [0.1, 0.15) is 0 Å². The molecule has 26 heavy (non-hydrogen) atoms. The van der Waals surface area contributed by atoms with Crippen molar-refractivity contribution in [3.8, 4) is 0 Å². The highest BCUT2D eigenvalue weighted by Crippen LogP contribution is 2.31. The fourth-order valence-corrected chi connectivity index (χ4v) is 6.38. The summed E-state index contributed by atoms with van der Waals surface area (Å²) in [7, 11) is -7.46. The Morgan fingerprint density at radius 3 is 2.42 bits per heavy atom. The van der Waals surface area contributed by atoms with Crippen LogP contribution in [0.4, 0.5) is 5.69 Å². The summed E-state index contributed by atoms with van der Waals surface area (Å²) < 4.78 is 58.3. The number of amides is 1. The summed E-state index contributed by atoms with van der Waals surface area (Å²) >= 11 is 0. The molecule has 0 saturated carbocycles. The molecule has 1 amide bonds. The minimum Gasteiger partial charge on any atom is -0.377 e. The largest absolute Gasteiger partial charge is 0.377 e. The summed E-state index contributed by atoms with van der Waals surface area (Å²) in [6, 6.07) is 2.85. The lowest BCUT2D eigenvalue weighted by Crippen LogP contribution is -2.33. The molecule has 1 aromatic carbocycles. The number of aryl methyl sites for hydroxylation is 2. The van der Waals surface area contributed by atoms with Crippen molar-refractivity contribution in [3.05, 3.63) is 23.3 Å². The molecule has 0 spiro atoms. The van der Waals surface area contributed by atoms with Gasteiger partial charge in [-0.2, -0.15) is 0 Å². The van der Waals surface area contributed by atoms with E-state index >= 15 is 0 Å². The second-order valence-corrected chi connectivity index (χ2v) is 10.3. The minimum atomic E-state index is -3.77. The molecule has 8 nitrogen and oxygen atoms in total. The molecule has 1 atom stereocenters. The van der Waals surface area contributed by atoms with Gasteiger partial charge in [-0.3, -0.25) is 4.79 Å². The molecule has 0 radical (unpaired) electrons. The number of hydrogen-bond donors (Lipinski definition) is 1. The fraction of sp³-hybridized carbons (Fsp3) is 0.562. The molecule has 0 bridgehead atoms. The Morgan fingerprint density at radius 2 is 1.92 bits per heavy atom. The number of sulfonamides is 2. The Hall–Kier alpha value is -1.49. The smallest absolute Gasteiger partial charge is 0.242 e. The van der Waals surface area contributed by atoms with Crippen LogP contribution < -0.4 is 9.03 Å². The highest BCUT2D eigenvalue weighted by molar-refractivity contribution is 7.94. The van der Waals surface area contributed by atoms with Crippen LogP contribution in [0.1, 0.15) is 30.4 Å². The predicted octanol–water partition coefficient (Wildman–Crippen LogP) is 0.827. The van der Waals surface area contributed by atoms with Crippen LogP contribution in [0.2, 0.25) is 0 Å². The Balaban J connectivity index is 1.91. The van der Waals surface area contributed by atoms with Crippen LogP contribution in [0.5, 0.6) is 0 Å². The molecule has 2 aliphatic heterocycles. The first-order chi connectivity index (χ1) is 12.1. The van der Waals surface area contributed by atoms with Crippen molar-refractivity contribution >= 4 is 31.6 Å². The predicted molar refractivity (Wildman–Crippen MR) is 96.0 cm³/mol. The molecule has 2 saturated heterocycles. The number of nitrogens with one attached hydrogen (secondary N) is 1. The second-order valence-electron chi connectivity index (χ2n) is 6.62. The normalized spacial score (nSPS) is 22.9. The average Bonchev–Trinajstić information content (AvgIpc) is 3.12. The molecule has 0 unspecified atom stereocenters.